The largest absolute Gasteiger partial charge is 0.474 e. The van der Waals surface area contributed by atoms with Crippen molar-refractivity contribution >= 4 is 43.6 Å². The number of nitrogens with zero attached hydrogens (tertiary/aromatic N) is 1. The SMILES string of the molecule is CCOC(=O)C(COCOC(C)=O)(COP(=O)(OC[C@H]1O[C@@H](n2cc(C)c(=O)[nH]c2=O)CC1O)OCC(COCOC(C)=O)(C(=O)OCC)C(=O)OCC)C(=O)OCC. The molecule has 2 N–H and O–H groups in total. The van der Waals surface area contributed by atoms with Gasteiger partial charge < -0.3 is 47.7 Å². The highest BCUT2D eigenvalue weighted by Crippen LogP contribution is 2.53. The van der Waals surface area contributed by atoms with Gasteiger partial charge in [-0.25, -0.2) is 9.36 Å². The number of nitrogens with one attached hydrogen (secondary N) is 1. The quantitative estimate of drug-likeness (QED) is 0.0308. The van der Waals surface area contributed by atoms with Crippen molar-refractivity contribution in [2.45, 2.75) is 73.3 Å². The van der Waals surface area contributed by atoms with Crippen molar-refractivity contribution in [3.05, 3.63) is 32.6 Å². The number of aliphatic hydroxyl groups excluding tert-OH is 1. The number of H-pyrrole nitrogens is 1. The van der Waals surface area contributed by atoms with Crippen LogP contribution in [-0.4, -0.2) is 136 Å². The van der Waals surface area contributed by atoms with Crippen LogP contribution in [0.3, 0.4) is 0 Å². The highest BCUT2D eigenvalue weighted by Gasteiger charge is 2.55. The van der Waals surface area contributed by atoms with Crippen molar-refractivity contribution in [1.29, 1.82) is 0 Å². The summed E-state index contributed by atoms with van der Waals surface area (Å²) in [6.45, 7) is 1.09. The number of ether oxygens (including phenoxy) is 9. The Kier molecular flexibility index (Phi) is 20.5. The zero-order valence-electron chi connectivity index (χ0n) is 33.7. The van der Waals surface area contributed by atoms with E-state index in [4.69, 9.17) is 56.2 Å². The van der Waals surface area contributed by atoms with Crippen molar-refractivity contribution in [1.82, 2.24) is 9.55 Å². The van der Waals surface area contributed by atoms with Gasteiger partial charge in [0.05, 0.1) is 65.6 Å². The van der Waals surface area contributed by atoms with Crippen LogP contribution in [0.1, 0.15) is 59.8 Å². The van der Waals surface area contributed by atoms with Crippen LogP contribution in [0.15, 0.2) is 15.8 Å². The summed E-state index contributed by atoms with van der Waals surface area (Å²) in [4.78, 5) is 103. The van der Waals surface area contributed by atoms with Gasteiger partial charge in [-0.3, -0.25) is 56.7 Å². The molecule has 2 rings (SSSR count). The monoisotopic (exact) mass is 870 g/mol. The molecule has 334 valence electrons. The molecular formula is C34H51N2O22P. The Morgan fingerprint density at radius 3 is 1.56 bits per heavy atom. The van der Waals surface area contributed by atoms with Crippen molar-refractivity contribution in [3.63, 3.8) is 0 Å². The van der Waals surface area contributed by atoms with Gasteiger partial charge in [-0.05, 0) is 34.6 Å². The van der Waals surface area contributed by atoms with E-state index in [0.29, 0.717) is 0 Å². The number of esters is 6. The zero-order valence-corrected chi connectivity index (χ0v) is 34.6. The second-order valence-corrected chi connectivity index (χ2v) is 14.1. The van der Waals surface area contributed by atoms with E-state index in [1.54, 1.807) is 0 Å². The van der Waals surface area contributed by atoms with Gasteiger partial charge >= 0.3 is 49.3 Å². The van der Waals surface area contributed by atoms with E-state index in [2.05, 4.69) is 4.98 Å². The van der Waals surface area contributed by atoms with E-state index in [-0.39, 0.29) is 38.4 Å². The number of rotatable bonds is 26. The first-order valence-electron chi connectivity index (χ1n) is 18.1. The molecule has 1 aromatic heterocycles. The van der Waals surface area contributed by atoms with Crippen LogP contribution >= 0.6 is 7.82 Å². The highest BCUT2D eigenvalue weighted by atomic mass is 31.2. The van der Waals surface area contributed by atoms with Gasteiger partial charge in [0.25, 0.3) is 5.56 Å². The lowest BCUT2D eigenvalue weighted by Crippen LogP contribution is -2.50. The van der Waals surface area contributed by atoms with Crippen LogP contribution < -0.4 is 11.2 Å². The fourth-order valence-electron chi connectivity index (χ4n) is 4.97. The number of aromatic nitrogens is 2. The molecule has 0 bridgehead atoms. The highest BCUT2D eigenvalue weighted by molar-refractivity contribution is 7.48. The lowest BCUT2D eigenvalue weighted by atomic mass is 9.90. The van der Waals surface area contributed by atoms with Gasteiger partial charge in [0.15, 0.2) is 13.6 Å². The first-order valence-corrected chi connectivity index (χ1v) is 19.6. The molecule has 0 saturated carbocycles. The van der Waals surface area contributed by atoms with Crippen LogP contribution in [0.5, 0.6) is 0 Å². The minimum Gasteiger partial charge on any atom is -0.465 e. The van der Waals surface area contributed by atoms with E-state index in [9.17, 15) is 48.0 Å². The second kappa shape index (κ2) is 23.9. The maximum atomic E-state index is 14.7. The van der Waals surface area contributed by atoms with Crippen molar-refractivity contribution in [2.24, 2.45) is 10.8 Å². The van der Waals surface area contributed by atoms with Crippen LogP contribution in [0.25, 0.3) is 0 Å². The summed E-state index contributed by atoms with van der Waals surface area (Å²) < 4.78 is 78.6. The van der Waals surface area contributed by atoms with Gasteiger partial charge in [-0.15, -0.1) is 0 Å². The van der Waals surface area contributed by atoms with Crippen LogP contribution in [0, 0.1) is 17.8 Å². The maximum Gasteiger partial charge on any atom is 0.474 e. The van der Waals surface area contributed by atoms with Crippen LogP contribution in [0.2, 0.25) is 0 Å². The molecule has 1 aliphatic rings. The third kappa shape index (κ3) is 14.3. The fourth-order valence-corrected chi connectivity index (χ4v) is 6.28. The number of carbonyl (C=O) groups excluding carboxylic acids is 6. The Hall–Kier alpha value is -4.55. The van der Waals surface area contributed by atoms with E-state index in [1.165, 1.54) is 40.8 Å². The first kappa shape index (κ1) is 50.6. The predicted molar refractivity (Wildman–Crippen MR) is 193 cm³/mol. The molecule has 1 aliphatic heterocycles. The summed E-state index contributed by atoms with van der Waals surface area (Å²) in [7, 11) is -5.37. The van der Waals surface area contributed by atoms with Gasteiger partial charge in [-0.2, -0.15) is 0 Å². The Bertz CT molecular complexity index is 1670. The summed E-state index contributed by atoms with van der Waals surface area (Å²) in [5.41, 5.74) is -6.64. The number of carbonyl (C=O) groups is 6. The molecule has 1 saturated heterocycles. The number of aliphatic hydroxyl groups is 1. The number of aromatic amines is 1. The molecule has 24 nitrogen and oxygen atoms in total. The van der Waals surface area contributed by atoms with E-state index in [0.717, 1.165) is 18.4 Å². The number of hydrogen-bond donors (Lipinski definition) is 2. The number of phosphoric acid groups is 1. The van der Waals surface area contributed by atoms with Crippen molar-refractivity contribution in [2.75, 3.05) is 73.0 Å². The standard InChI is InChI=1S/C34H51N2O22P/c1-8-49-28(41)33(29(42)50-9-2,15-47-19-53-22(6)37)17-56-59(46,55-14-25-24(39)12-26(58-25)36-13-21(5)27(40)35-32(36)45)57-18-34(30(43)51-10-3,31(44)52-11-4)16-48-20-54-23(7)38/h13,24-26,39H,8-12,14-20H2,1-7H3,(H,35,40,45)/t24?,25-,26-/m1/s1. The Morgan fingerprint density at radius 2 is 1.17 bits per heavy atom. The molecule has 59 heavy (non-hydrogen) atoms. The van der Waals surface area contributed by atoms with Gasteiger partial charge in [0.2, 0.25) is 10.8 Å². The molecule has 1 unspecified atom stereocenters. The predicted octanol–water partition coefficient (Wildman–Crippen LogP) is -0.0491. The van der Waals surface area contributed by atoms with Gasteiger partial charge in [-0.1, -0.05) is 0 Å². The summed E-state index contributed by atoms with van der Waals surface area (Å²) in [5.74, 6) is -6.85. The molecule has 1 fully saturated rings. The molecule has 3 atom stereocenters. The molecular weight excluding hydrogens is 819 g/mol. The number of hydrogen-bond acceptors (Lipinski definition) is 22. The minimum absolute atomic E-state index is 0.140. The summed E-state index contributed by atoms with van der Waals surface area (Å²) in [6.07, 6.45) is -3.05. The molecule has 0 spiro atoms. The molecule has 2 heterocycles. The second-order valence-electron chi connectivity index (χ2n) is 12.5. The molecule has 1 aromatic rings. The third-order valence-corrected chi connectivity index (χ3v) is 9.40. The van der Waals surface area contributed by atoms with Crippen LogP contribution in [-0.2, 0) is 89.5 Å². The van der Waals surface area contributed by atoms with Crippen molar-refractivity contribution in [3.8, 4) is 0 Å². The lowest BCUT2D eigenvalue weighted by molar-refractivity contribution is -0.185. The van der Waals surface area contributed by atoms with Crippen LogP contribution in [0.4, 0.5) is 0 Å². The van der Waals surface area contributed by atoms with E-state index >= 15 is 0 Å². The van der Waals surface area contributed by atoms with E-state index in [1.807, 2.05) is 0 Å². The Morgan fingerprint density at radius 1 is 0.746 bits per heavy atom. The maximum absolute atomic E-state index is 14.7. The molecule has 0 amide bonds. The summed E-state index contributed by atoms with van der Waals surface area (Å²) in [6, 6.07) is 0. The minimum atomic E-state index is -5.37. The Balaban J connectivity index is 2.64. The average Bonchev–Trinajstić information content (AvgIpc) is 3.54. The third-order valence-electron chi connectivity index (χ3n) is 8.05. The molecule has 25 heteroatoms. The molecule has 0 aromatic carbocycles. The summed E-state index contributed by atoms with van der Waals surface area (Å²) in [5, 5.41) is 10.9. The first-order chi connectivity index (χ1) is 27.8. The molecule has 0 aliphatic carbocycles. The smallest absolute Gasteiger partial charge is 0.465 e. The van der Waals surface area contributed by atoms with Crippen molar-refractivity contribution < 1.29 is 94.6 Å². The summed E-state index contributed by atoms with van der Waals surface area (Å²) >= 11 is 0. The number of phosphoric ester groups is 1. The zero-order chi connectivity index (χ0) is 44.4. The topological polar surface area (TPSA) is 305 Å². The Labute approximate surface area is 337 Å². The van der Waals surface area contributed by atoms with E-state index < -0.39 is 131 Å². The fraction of sp³-hybridized carbons (Fsp3) is 0.706. The number of aryl methyl sites for hydroxylation is 1. The lowest BCUT2D eigenvalue weighted by Gasteiger charge is -2.32. The van der Waals surface area contributed by atoms with Gasteiger partial charge in [0, 0.05) is 32.0 Å². The van der Waals surface area contributed by atoms with Gasteiger partial charge in [0.1, 0.15) is 12.3 Å². The molecule has 0 radical (unpaired) electrons. The average molecular weight is 871 g/mol. The normalized spacial score (nSPS) is 16.8.